The quantitative estimate of drug-likeness (QED) is 0.217. The van der Waals surface area contributed by atoms with Crippen LogP contribution < -0.4 is 0 Å². The van der Waals surface area contributed by atoms with Crippen molar-refractivity contribution in [3.05, 3.63) is 162 Å². The molecule has 2 unspecified atom stereocenters. The summed E-state index contributed by atoms with van der Waals surface area (Å²) < 4.78 is 2.71. The summed E-state index contributed by atoms with van der Waals surface area (Å²) >= 11 is 1.88. The van der Waals surface area contributed by atoms with Crippen molar-refractivity contribution in [1.82, 2.24) is 0 Å². The van der Waals surface area contributed by atoms with E-state index in [1.54, 1.807) is 0 Å². The van der Waals surface area contributed by atoms with Crippen LogP contribution in [0.3, 0.4) is 0 Å². The minimum absolute atomic E-state index is 0.0355. The average Bonchev–Trinajstić information content (AvgIpc) is 3.36. The molecule has 188 valence electrons. The molecule has 0 nitrogen and oxygen atoms in total. The summed E-state index contributed by atoms with van der Waals surface area (Å²) in [7, 11) is 0. The molecule has 7 rings (SSSR count). The summed E-state index contributed by atoms with van der Waals surface area (Å²) in [5, 5.41) is 2.72. The predicted octanol–water partition coefficient (Wildman–Crippen LogP) is 10.6. The Bertz CT molecular complexity index is 1820. The van der Waals surface area contributed by atoms with E-state index in [1.807, 2.05) is 11.3 Å². The van der Waals surface area contributed by atoms with Gasteiger partial charge in [-0.2, -0.15) is 0 Å². The van der Waals surface area contributed by atoms with Crippen LogP contribution in [0, 0.1) is 11.3 Å². The molecule has 0 aliphatic heterocycles. The van der Waals surface area contributed by atoms with Crippen molar-refractivity contribution < 1.29 is 0 Å². The van der Waals surface area contributed by atoms with Gasteiger partial charge in [0, 0.05) is 31.5 Å². The van der Waals surface area contributed by atoms with E-state index in [-0.39, 0.29) is 11.3 Å². The van der Waals surface area contributed by atoms with Crippen molar-refractivity contribution in [1.29, 1.82) is 0 Å². The fourth-order valence-corrected chi connectivity index (χ4v) is 7.11. The van der Waals surface area contributed by atoms with Gasteiger partial charge in [0.05, 0.1) is 0 Å². The summed E-state index contributed by atoms with van der Waals surface area (Å²) in [6.07, 6.45) is 19.2. The number of hydrogen-bond donors (Lipinski definition) is 0. The molecule has 2 aliphatic carbocycles. The molecule has 0 saturated heterocycles. The second-order valence-corrected chi connectivity index (χ2v) is 11.9. The fourth-order valence-electron chi connectivity index (χ4n) is 6.02. The molecular weight excluding hydrogens is 488 g/mol. The largest absolute Gasteiger partial charge is 0.135 e. The topological polar surface area (TPSA) is 0 Å². The molecule has 0 radical (unpaired) electrons. The Hall–Kier alpha value is -4.20. The van der Waals surface area contributed by atoms with E-state index in [4.69, 9.17) is 0 Å². The first-order valence-electron chi connectivity index (χ1n) is 13.7. The zero-order valence-corrected chi connectivity index (χ0v) is 22.9. The molecule has 2 aliphatic rings. The second-order valence-electron chi connectivity index (χ2n) is 10.8. The van der Waals surface area contributed by atoms with Crippen molar-refractivity contribution in [3.8, 4) is 11.1 Å². The predicted molar refractivity (Wildman–Crippen MR) is 170 cm³/mol. The molecule has 0 fully saturated rings. The normalized spacial score (nSPS) is 20.4. The van der Waals surface area contributed by atoms with Gasteiger partial charge in [0.2, 0.25) is 0 Å². The van der Waals surface area contributed by atoms with Gasteiger partial charge in [0.15, 0.2) is 0 Å². The summed E-state index contributed by atoms with van der Waals surface area (Å²) in [6.45, 7) is 2.36. The Kier molecular flexibility index (Phi) is 6.02. The molecule has 1 heteroatoms. The Morgan fingerprint density at radius 3 is 2.41 bits per heavy atom. The van der Waals surface area contributed by atoms with Gasteiger partial charge in [-0.3, -0.25) is 0 Å². The highest BCUT2D eigenvalue weighted by Gasteiger charge is 2.34. The highest BCUT2D eigenvalue weighted by Crippen LogP contribution is 2.45. The SMILES string of the molecule is CC12C=CC=CC1=CC=CC2/C=C(/Cc1ccc2sc3ccccc3c2c1)c1ccc(-c2ccccc2)cc1. The third kappa shape index (κ3) is 4.43. The van der Waals surface area contributed by atoms with Gasteiger partial charge in [-0.05, 0) is 58.0 Å². The highest BCUT2D eigenvalue weighted by atomic mass is 32.1. The Morgan fingerprint density at radius 1 is 0.769 bits per heavy atom. The standard InChI is InChI=1S/C38H30S/c1-38-23-8-7-12-32(38)13-9-14-33(38)26-31(30-20-18-29(19-21-30)28-10-3-2-4-11-28)24-27-17-22-37-35(25-27)34-15-5-6-16-36(34)39-37/h2-23,25-26,33H,24H2,1H3/b31-26-. The fraction of sp³-hybridized carbons (Fsp3) is 0.105. The third-order valence-electron chi connectivity index (χ3n) is 8.32. The molecule has 0 spiro atoms. The minimum Gasteiger partial charge on any atom is -0.135 e. The van der Waals surface area contributed by atoms with Crippen LogP contribution in [0.5, 0.6) is 0 Å². The monoisotopic (exact) mass is 518 g/mol. The Labute approximate surface area is 234 Å². The van der Waals surface area contributed by atoms with Gasteiger partial charge in [0.25, 0.3) is 0 Å². The molecule has 39 heavy (non-hydrogen) atoms. The van der Waals surface area contributed by atoms with Crippen molar-refractivity contribution in [2.45, 2.75) is 13.3 Å². The van der Waals surface area contributed by atoms with Crippen LogP contribution >= 0.6 is 11.3 Å². The molecule has 4 aromatic carbocycles. The molecule has 1 aromatic heterocycles. The van der Waals surface area contributed by atoms with Crippen LogP contribution in [0.4, 0.5) is 0 Å². The van der Waals surface area contributed by atoms with Crippen LogP contribution in [-0.2, 0) is 6.42 Å². The average molecular weight is 519 g/mol. The number of benzene rings is 4. The molecule has 0 amide bonds. The number of hydrogen-bond acceptors (Lipinski definition) is 1. The number of rotatable bonds is 5. The van der Waals surface area contributed by atoms with E-state index in [0.29, 0.717) is 0 Å². The first kappa shape index (κ1) is 23.9. The maximum absolute atomic E-state index is 2.51. The van der Waals surface area contributed by atoms with Gasteiger partial charge >= 0.3 is 0 Å². The van der Waals surface area contributed by atoms with Gasteiger partial charge in [-0.1, -0.05) is 134 Å². The van der Waals surface area contributed by atoms with Crippen molar-refractivity contribution >= 4 is 37.1 Å². The lowest BCUT2D eigenvalue weighted by Crippen LogP contribution is -2.27. The van der Waals surface area contributed by atoms with Crippen LogP contribution in [0.1, 0.15) is 18.1 Å². The lowest BCUT2D eigenvalue weighted by atomic mass is 9.66. The molecule has 1 heterocycles. The van der Waals surface area contributed by atoms with Crippen LogP contribution in [-0.4, -0.2) is 0 Å². The van der Waals surface area contributed by atoms with E-state index in [9.17, 15) is 0 Å². The van der Waals surface area contributed by atoms with Crippen LogP contribution in [0.25, 0.3) is 36.9 Å². The summed E-state index contributed by atoms with van der Waals surface area (Å²) in [5.41, 5.74) is 7.84. The Morgan fingerprint density at radius 2 is 1.54 bits per heavy atom. The molecule has 2 atom stereocenters. The summed E-state index contributed by atoms with van der Waals surface area (Å²) in [5.74, 6) is 0.285. The van der Waals surface area contributed by atoms with Crippen molar-refractivity contribution in [2.75, 3.05) is 0 Å². The number of fused-ring (bicyclic) bond motifs is 4. The van der Waals surface area contributed by atoms with E-state index < -0.39 is 0 Å². The summed E-state index contributed by atoms with van der Waals surface area (Å²) in [4.78, 5) is 0. The lowest BCUT2D eigenvalue weighted by Gasteiger charge is -2.37. The van der Waals surface area contributed by atoms with Gasteiger partial charge in [-0.25, -0.2) is 0 Å². The van der Waals surface area contributed by atoms with E-state index in [0.717, 1.165) is 6.42 Å². The molecule has 0 bridgehead atoms. The molecule has 0 N–H and O–H groups in total. The van der Waals surface area contributed by atoms with Crippen molar-refractivity contribution in [2.24, 2.45) is 11.3 Å². The maximum atomic E-state index is 2.51. The van der Waals surface area contributed by atoms with Gasteiger partial charge in [-0.15, -0.1) is 11.3 Å². The van der Waals surface area contributed by atoms with E-state index in [1.165, 1.54) is 53.6 Å². The molecule has 5 aromatic rings. The molecular formula is C38H30S. The number of allylic oxidation sites excluding steroid dienone is 10. The lowest BCUT2D eigenvalue weighted by molar-refractivity contribution is 0.434. The third-order valence-corrected chi connectivity index (χ3v) is 9.47. The summed E-state index contributed by atoms with van der Waals surface area (Å²) in [6, 6.07) is 35.6. The zero-order chi connectivity index (χ0) is 26.2. The smallest absolute Gasteiger partial charge is 0.0355 e. The second kappa shape index (κ2) is 9.84. The van der Waals surface area contributed by atoms with Crippen LogP contribution in [0.2, 0.25) is 0 Å². The van der Waals surface area contributed by atoms with Crippen molar-refractivity contribution in [3.63, 3.8) is 0 Å². The number of thiophene rings is 1. The zero-order valence-electron chi connectivity index (χ0n) is 22.0. The first-order valence-corrected chi connectivity index (χ1v) is 14.5. The first-order chi connectivity index (χ1) is 19.2. The van der Waals surface area contributed by atoms with Gasteiger partial charge in [0.1, 0.15) is 0 Å². The van der Waals surface area contributed by atoms with E-state index >= 15 is 0 Å². The van der Waals surface area contributed by atoms with E-state index in [2.05, 4.69) is 153 Å². The highest BCUT2D eigenvalue weighted by molar-refractivity contribution is 7.25. The Balaban J connectivity index is 1.31. The molecule has 0 saturated carbocycles. The minimum atomic E-state index is -0.0355. The maximum Gasteiger partial charge on any atom is 0.0355 e. The van der Waals surface area contributed by atoms with Gasteiger partial charge < -0.3 is 0 Å². The van der Waals surface area contributed by atoms with Crippen LogP contribution in [0.15, 0.2) is 151 Å².